The molecule has 0 fully saturated rings. The Morgan fingerprint density at radius 3 is 2.85 bits per heavy atom. The number of quaternary nitrogens is 1. The first-order valence-corrected chi connectivity index (χ1v) is 9.08. The van der Waals surface area contributed by atoms with Crippen LogP contribution in [0.3, 0.4) is 0 Å². The maximum absolute atomic E-state index is 13.7. The summed E-state index contributed by atoms with van der Waals surface area (Å²) >= 11 is 11.9. The number of furan rings is 1. The van der Waals surface area contributed by atoms with Gasteiger partial charge in [0.25, 0.3) is 5.56 Å². The van der Waals surface area contributed by atoms with Crippen LogP contribution in [-0.2, 0) is 6.54 Å². The highest BCUT2D eigenvalue weighted by atomic mass is 35.5. The lowest BCUT2D eigenvalue weighted by atomic mass is 10.1. The van der Waals surface area contributed by atoms with Crippen molar-refractivity contribution in [2.75, 3.05) is 0 Å². The van der Waals surface area contributed by atoms with Crippen LogP contribution in [0.25, 0.3) is 22.1 Å². The van der Waals surface area contributed by atoms with Crippen molar-refractivity contribution in [1.29, 1.82) is 0 Å². The van der Waals surface area contributed by atoms with Crippen molar-refractivity contribution < 1.29 is 14.1 Å². The van der Waals surface area contributed by atoms with E-state index in [2.05, 4.69) is 9.97 Å². The molecule has 0 bridgehead atoms. The molecule has 8 heteroatoms. The van der Waals surface area contributed by atoms with Crippen LogP contribution >= 0.6 is 23.2 Å². The van der Waals surface area contributed by atoms with Crippen molar-refractivity contribution in [1.82, 2.24) is 9.97 Å². The van der Waals surface area contributed by atoms with Crippen LogP contribution < -0.4 is 10.9 Å². The van der Waals surface area contributed by atoms with E-state index in [1.807, 2.05) is 30.4 Å². The van der Waals surface area contributed by atoms with Crippen LogP contribution in [-0.4, -0.2) is 9.97 Å². The second-order valence-corrected chi connectivity index (χ2v) is 7.12. The molecular weight excluding hydrogens is 392 g/mol. The molecule has 2 heterocycles. The highest BCUT2D eigenvalue weighted by molar-refractivity contribution is 6.35. The zero-order chi connectivity index (χ0) is 19.1. The van der Waals surface area contributed by atoms with Gasteiger partial charge < -0.3 is 14.7 Å². The van der Waals surface area contributed by atoms with Gasteiger partial charge in [0, 0.05) is 10.9 Å². The number of fused-ring (bicyclic) bond motifs is 3. The van der Waals surface area contributed by atoms with Gasteiger partial charge in [-0.05, 0) is 31.2 Å². The van der Waals surface area contributed by atoms with Crippen molar-refractivity contribution >= 4 is 45.3 Å². The molecule has 0 radical (unpaired) electrons. The molecule has 138 valence electrons. The van der Waals surface area contributed by atoms with Crippen molar-refractivity contribution in [3.05, 3.63) is 74.0 Å². The molecular formula is C19H15Cl2FN3O2+. The van der Waals surface area contributed by atoms with E-state index in [1.165, 1.54) is 12.1 Å². The van der Waals surface area contributed by atoms with Crippen LogP contribution in [0.15, 0.2) is 45.6 Å². The number of benzene rings is 2. The topological polar surface area (TPSA) is 75.5 Å². The summed E-state index contributed by atoms with van der Waals surface area (Å²) in [7, 11) is 0. The van der Waals surface area contributed by atoms with Gasteiger partial charge in [0.15, 0.2) is 5.82 Å². The molecule has 0 saturated carbocycles. The average Bonchev–Trinajstić information content (AvgIpc) is 3.02. The number of aromatic nitrogens is 2. The van der Waals surface area contributed by atoms with Crippen LogP contribution in [0.4, 0.5) is 4.39 Å². The molecule has 3 N–H and O–H groups in total. The Morgan fingerprint density at radius 1 is 1.26 bits per heavy atom. The van der Waals surface area contributed by atoms with Gasteiger partial charge in [0.05, 0.1) is 10.0 Å². The van der Waals surface area contributed by atoms with Crippen LogP contribution in [0.5, 0.6) is 0 Å². The van der Waals surface area contributed by atoms with Gasteiger partial charge in [-0.1, -0.05) is 35.3 Å². The van der Waals surface area contributed by atoms with Crippen LogP contribution in [0.2, 0.25) is 10.0 Å². The second kappa shape index (κ2) is 6.96. The molecule has 0 aliphatic carbocycles. The molecule has 2 aromatic carbocycles. The third kappa shape index (κ3) is 3.32. The van der Waals surface area contributed by atoms with Crippen LogP contribution in [0, 0.1) is 5.82 Å². The number of para-hydroxylation sites is 1. The predicted molar refractivity (Wildman–Crippen MR) is 103 cm³/mol. The fourth-order valence-electron chi connectivity index (χ4n) is 3.05. The Balaban J connectivity index is 1.63. The van der Waals surface area contributed by atoms with Crippen molar-refractivity contribution in [3.8, 4) is 0 Å². The smallest absolute Gasteiger partial charge is 0.294 e. The van der Waals surface area contributed by atoms with E-state index in [9.17, 15) is 9.18 Å². The van der Waals surface area contributed by atoms with Crippen molar-refractivity contribution in [2.45, 2.75) is 19.5 Å². The molecule has 0 aliphatic rings. The van der Waals surface area contributed by atoms with E-state index in [1.54, 1.807) is 6.07 Å². The molecule has 0 amide bonds. The van der Waals surface area contributed by atoms with E-state index in [-0.39, 0.29) is 22.2 Å². The van der Waals surface area contributed by atoms with Crippen molar-refractivity contribution in [3.63, 3.8) is 0 Å². The Morgan fingerprint density at radius 2 is 2.04 bits per heavy atom. The molecule has 4 rings (SSSR count). The standard InChI is InChI=1S/C19H14Cl2FN3O2/c1-9(11-6-14(22)13(21)7-12(11)20)23-8-16-24-17-10-4-2-3-5-15(10)27-18(17)19(26)25-16/h2-7,9,23H,8H2,1H3,(H,24,25,26)/p+1/t9-/m1/s1. The summed E-state index contributed by atoms with van der Waals surface area (Å²) in [6.45, 7) is 2.27. The maximum atomic E-state index is 13.7. The number of nitrogens with zero attached hydrogens (tertiary/aromatic N) is 1. The Bertz CT molecular complexity index is 1220. The second-order valence-electron chi connectivity index (χ2n) is 6.30. The normalized spacial score (nSPS) is 12.7. The minimum atomic E-state index is -0.519. The van der Waals surface area contributed by atoms with E-state index in [4.69, 9.17) is 27.6 Å². The molecule has 27 heavy (non-hydrogen) atoms. The lowest BCUT2D eigenvalue weighted by Crippen LogP contribution is -2.83. The number of hydrogen-bond acceptors (Lipinski definition) is 3. The highest BCUT2D eigenvalue weighted by Crippen LogP contribution is 2.27. The first-order chi connectivity index (χ1) is 12.9. The summed E-state index contributed by atoms with van der Waals surface area (Å²) in [5.74, 6) is -0.0226. The summed E-state index contributed by atoms with van der Waals surface area (Å²) in [6.07, 6.45) is 0. The summed E-state index contributed by atoms with van der Waals surface area (Å²) in [6, 6.07) is 9.92. The highest BCUT2D eigenvalue weighted by Gasteiger charge is 2.18. The lowest BCUT2D eigenvalue weighted by Gasteiger charge is -2.13. The van der Waals surface area contributed by atoms with Gasteiger partial charge in [0.2, 0.25) is 5.58 Å². The fourth-order valence-corrected chi connectivity index (χ4v) is 3.60. The molecule has 2 aromatic heterocycles. The lowest BCUT2D eigenvalue weighted by molar-refractivity contribution is -0.708. The fraction of sp³-hybridized carbons (Fsp3) is 0.158. The predicted octanol–water partition coefficient (Wildman–Crippen LogP) is 3.94. The SMILES string of the molecule is C[C@@H]([NH2+]Cc1nc2c(oc3ccccc32)c(=O)[nH]1)c1cc(F)c(Cl)cc1Cl. The monoisotopic (exact) mass is 406 g/mol. The van der Waals surface area contributed by atoms with Gasteiger partial charge in [-0.3, -0.25) is 4.79 Å². The minimum absolute atomic E-state index is 0.0146. The molecule has 5 nitrogen and oxygen atoms in total. The number of H-pyrrole nitrogens is 1. The molecule has 0 aliphatic heterocycles. The third-order valence-corrected chi connectivity index (χ3v) is 5.09. The summed E-state index contributed by atoms with van der Waals surface area (Å²) in [5.41, 5.74) is 1.64. The van der Waals surface area contributed by atoms with E-state index >= 15 is 0 Å². The average molecular weight is 407 g/mol. The zero-order valence-electron chi connectivity index (χ0n) is 14.2. The minimum Gasteiger partial charge on any atom is -0.449 e. The van der Waals surface area contributed by atoms with Gasteiger partial charge in [0.1, 0.15) is 29.5 Å². The number of rotatable bonds is 4. The van der Waals surface area contributed by atoms with Gasteiger partial charge in [-0.25, -0.2) is 9.37 Å². The number of hydrogen-bond donors (Lipinski definition) is 2. The summed E-state index contributed by atoms with van der Waals surface area (Å²) in [5, 5.41) is 3.07. The van der Waals surface area contributed by atoms with Gasteiger partial charge >= 0.3 is 0 Å². The Kier molecular flexibility index (Phi) is 4.63. The number of aromatic amines is 1. The number of nitrogens with one attached hydrogen (secondary N) is 1. The quantitative estimate of drug-likeness (QED) is 0.504. The summed E-state index contributed by atoms with van der Waals surface area (Å²) in [4.78, 5) is 19.6. The van der Waals surface area contributed by atoms with Crippen molar-refractivity contribution in [2.24, 2.45) is 0 Å². The van der Waals surface area contributed by atoms with Gasteiger partial charge in [-0.2, -0.15) is 0 Å². The molecule has 1 atom stereocenters. The Labute approximate surface area is 163 Å². The molecule has 0 saturated heterocycles. The molecule has 4 aromatic rings. The number of nitrogens with two attached hydrogens (primary N) is 1. The molecule has 0 unspecified atom stereocenters. The largest absolute Gasteiger partial charge is 0.449 e. The van der Waals surface area contributed by atoms with Crippen LogP contribution in [0.1, 0.15) is 24.4 Å². The molecule has 0 spiro atoms. The summed E-state index contributed by atoms with van der Waals surface area (Å²) < 4.78 is 19.3. The van der Waals surface area contributed by atoms with E-state index in [0.717, 1.165) is 5.39 Å². The third-order valence-electron chi connectivity index (χ3n) is 4.48. The Hall–Kier alpha value is -2.41. The first kappa shape index (κ1) is 18.0. The van der Waals surface area contributed by atoms with E-state index < -0.39 is 5.82 Å². The maximum Gasteiger partial charge on any atom is 0.294 e. The zero-order valence-corrected chi connectivity index (χ0v) is 15.7. The first-order valence-electron chi connectivity index (χ1n) is 8.32. The van der Waals surface area contributed by atoms with E-state index in [0.29, 0.717) is 34.1 Å². The van der Waals surface area contributed by atoms with Gasteiger partial charge in [-0.15, -0.1) is 0 Å². The number of halogens is 3.